The second-order valence-corrected chi connectivity index (χ2v) is 11.6. The number of carbonyl (C=O) groups is 4. The molecule has 0 amide bonds. The summed E-state index contributed by atoms with van der Waals surface area (Å²) in [4.78, 5) is 50.5. The highest BCUT2D eigenvalue weighted by molar-refractivity contribution is 5.93. The summed E-state index contributed by atoms with van der Waals surface area (Å²) in [6, 6.07) is 0. The summed E-state index contributed by atoms with van der Waals surface area (Å²) in [6.07, 6.45) is 5.18. The zero-order valence-electron chi connectivity index (χ0n) is 18.8. The first-order valence-electron chi connectivity index (χ1n) is 11.7. The van der Waals surface area contributed by atoms with E-state index in [1.165, 1.54) is 0 Å². The van der Waals surface area contributed by atoms with Crippen LogP contribution in [0, 0.1) is 45.8 Å². The van der Waals surface area contributed by atoms with E-state index in [1.807, 2.05) is 0 Å². The molecule has 0 aromatic rings. The topological polar surface area (TPSA) is 88.5 Å². The lowest BCUT2D eigenvalue weighted by Crippen LogP contribution is -2.63. The van der Waals surface area contributed by atoms with Crippen molar-refractivity contribution in [1.29, 1.82) is 0 Å². The van der Waals surface area contributed by atoms with E-state index < -0.39 is 11.4 Å². The highest BCUT2D eigenvalue weighted by atomic mass is 16.4. The van der Waals surface area contributed by atoms with Gasteiger partial charge >= 0.3 is 5.97 Å². The molecule has 166 valence electrons. The Kier molecular flexibility index (Phi) is 5.06. The van der Waals surface area contributed by atoms with Gasteiger partial charge in [0.05, 0.1) is 0 Å². The summed E-state index contributed by atoms with van der Waals surface area (Å²) in [7, 11) is 0. The lowest BCUT2D eigenvalue weighted by Gasteiger charge is -2.63. The number of Topliss-reactive ketones (excluding diaryl/α,β-unsaturated/α-hetero) is 3. The first-order valence-corrected chi connectivity index (χ1v) is 11.7. The minimum absolute atomic E-state index is 0.0375. The molecule has 8 atom stereocenters. The van der Waals surface area contributed by atoms with E-state index in [9.17, 15) is 19.2 Å². The summed E-state index contributed by atoms with van der Waals surface area (Å²) in [6.45, 7) is 8.48. The number of carbonyl (C=O) groups excluding carboxylic acids is 3. The third-order valence-corrected chi connectivity index (χ3v) is 10.3. The number of fused-ring (bicyclic) bond motifs is 5. The average molecular weight is 417 g/mol. The molecular formula is C25H36O5. The van der Waals surface area contributed by atoms with E-state index in [4.69, 9.17) is 5.11 Å². The third kappa shape index (κ3) is 2.86. The van der Waals surface area contributed by atoms with Gasteiger partial charge in [0.1, 0.15) is 17.3 Å². The largest absolute Gasteiger partial charge is 0.481 e. The minimum Gasteiger partial charge on any atom is -0.481 e. The fraction of sp³-hybridized carbons (Fsp3) is 0.840. The summed E-state index contributed by atoms with van der Waals surface area (Å²) in [5.74, 6) is 0.310. The summed E-state index contributed by atoms with van der Waals surface area (Å²) in [5, 5.41) is 9.09. The van der Waals surface area contributed by atoms with Crippen LogP contribution in [0.2, 0.25) is 0 Å². The van der Waals surface area contributed by atoms with E-state index in [0.717, 1.165) is 19.3 Å². The number of hydrogen-bond donors (Lipinski definition) is 1. The van der Waals surface area contributed by atoms with Crippen molar-refractivity contribution in [2.75, 3.05) is 0 Å². The van der Waals surface area contributed by atoms with Gasteiger partial charge in [-0.05, 0) is 60.2 Å². The van der Waals surface area contributed by atoms with Crippen molar-refractivity contribution < 1.29 is 24.3 Å². The Bertz CT molecular complexity index is 801. The Hall–Kier alpha value is -1.52. The van der Waals surface area contributed by atoms with Gasteiger partial charge in [-0.2, -0.15) is 0 Å². The van der Waals surface area contributed by atoms with E-state index in [1.54, 1.807) is 0 Å². The van der Waals surface area contributed by atoms with Gasteiger partial charge in [0, 0.05) is 43.4 Å². The molecule has 5 heteroatoms. The van der Waals surface area contributed by atoms with Crippen molar-refractivity contribution in [2.24, 2.45) is 45.8 Å². The van der Waals surface area contributed by atoms with Gasteiger partial charge in [0.25, 0.3) is 0 Å². The quantitative estimate of drug-likeness (QED) is 0.731. The van der Waals surface area contributed by atoms with Gasteiger partial charge in [-0.25, -0.2) is 0 Å². The van der Waals surface area contributed by atoms with Crippen molar-refractivity contribution >= 4 is 23.3 Å². The molecule has 4 rings (SSSR count). The molecule has 4 fully saturated rings. The standard InChI is InChI=1S/C25H36O5/c1-14(5-8-21(29)30)16-6-7-17-22-18(11-20(28)25(16,17)4)24(3)10-9-15(26)12-23(24,2)13-19(22)27/h14,16-18,22H,5-13H2,1-4H3,(H,29,30)/t14-,16-,17+,18+,22+,23+,24-,25-/m1/s1. The lowest BCUT2D eigenvalue weighted by atomic mass is 9.40. The van der Waals surface area contributed by atoms with Crippen LogP contribution >= 0.6 is 0 Å². The molecule has 0 heterocycles. The molecule has 4 saturated carbocycles. The van der Waals surface area contributed by atoms with Crippen LogP contribution in [0.15, 0.2) is 0 Å². The summed E-state index contributed by atoms with van der Waals surface area (Å²) in [5.41, 5.74) is -1.01. The van der Waals surface area contributed by atoms with Gasteiger partial charge < -0.3 is 5.11 Å². The molecule has 0 spiro atoms. The van der Waals surface area contributed by atoms with E-state index in [2.05, 4.69) is 27.7 Å². The van der Waals surface area contributed by atoms with Gasteiger partial charge in [0.2, 0.25) is 0 Å². The number of carboxylic acids is 1. The number of ketones is 3. The van der Waals surface area contributed by atoms with Crippen molar-refractivity contribution in [2.45, 2.75) is 85.5 Å². The summed E-state index contributed by atoms with van der Waals surface area (Å²) < 4.78 is 0. The van der Waals surface area contributed by atoms with E-state index in [0.29, 0.717) is 32.1 Å². The van der Waals surface area contributed by atoms with Crippen LogP contribution in [0.4, 0.5) is 0 Å². The van der Waals surface area contributed by atoms with Crippen LogP contribution in [0.1, 0.15) is 85.5 Å². The fourth-order valence-corrected chi connectivity index (χ4v) is 8.35. The van der Waals surface area contributed by atoms with Crippen molar-refractivity contribution in [3.05, 3.63) is 0 Å². The van der Waals surface area contributed by atoms with Crippen LogP contribution in [0.3, 0.4) is 0 Å². The molecule has 4 aliphatic carbocycles. The van der Waals surface area contributed by atoms with Gasteiger partial charge in [0.15, 0.2) is 0 Å². The third-order valence-electron chi connectivity index (χ3n) is 10.3. The zero-order valence-corrected chi connectivity index (χ0v) is 18.8. The second kappa shape index (κ2) is 7.00. The van der Waals surface area contributed by atoms with Crippen molar-refractivity contribution in [3.63, 3.8) is 0 Å². The molecule has 0 radical (unpaired) electrons. The van der Waals surface area contributed by atoms with Gasteiger partial charge in [-0.3, -0.25) is 19.2 Å². The predicted octanol–water partition coefficient (Wildman–Crippen LogP) is 4.46. The van der Waals surface area contributed by atoms with Crippen molar-refractivity contribution in [1.82, 2.24) is 0 Å². The smallest absolute Gasteiger partial charge is 0.303 e. The Morgan fingerprint density at radius 1 is 1.10 bits per heavy atom. The molecular weight excluding hydrogens is 380 g/mol. The molecule has 4 aliphatic rings. The lowest BCUT2D eigenvalue weighted by molar-refractivity contribution is -0.178. The SMILES string of the molecule is C[C@H](CCC(=O)O)[C@H]1CC[C@H]2[C@@H]3C(=O)C[C@]4(C)CC(=O)CC[C@]4(C)[C@H]3CC(=O)[C@]12C. The maximum atomic E-state index is 13.7. The second-order valence-electron chi connectivity index (χ2n) is 11.6. The Balaban J connectivity index is 1.67. The van der Waals surface area contributed by atoms with E-state index in [-0.39, 0.29) is 64.2 Å². The number of aliphatic carboxylic acids is 1. The molecule has 5 nitrogen and oxygen atoms in total. The first-order chi connectivity index (χ1) is 13.9. The summed E-state index contributed by atoms with van der Waals surface area (Å²) >= 11 is 0. The Morgan fingerprint density at radius 3 is 2.47 bits per heavy atom. The van der Waals surface area contributed by atoms with Crippen LogP contribution < -0.4 is 0 Å². The van der Waals surface area contributed by atoms with Crippen LogP contribution in [-0.2, 0) is 19.2 Å². The predicted molar refractivity (Wildman–Crippen MR) is 112 cm³/mol. The fourth-order valence-electron chi connectivity index (χ4n) is 8.35. The molecule has 1 N–H and O–H groups in total. The van der Waals surface area contributed by atoms with Gasteiger partial charge in [-0.15, -0.1) is 0 Å². The Labute approximate surface area is 179 Å². The maximum Gasteiger partial charge on any atom is 0.303 e. The zero-order chi connectivity index (χ0) is 22.1. The van der Waals surface area contributed by atoms with Crippen LogP contribution in [0.5, 0.6) is 0 Å². The number of hydrogen-bond acceptors (Lipinski definition) is 4. The highest BCUT2D eigenvalue weighted by Gasteiger charge is 2.68. The Morgan fingerprint density at radius 2 is 1.80 bits per heavy atom. The van der Waals surface area contributed by atoms with E-state index >= 15 is 0 Å². The van der Waals surface area contributed by atoms with Crippen LogP contribution in [-0.4, -0.2) is 28.4 Å². The molecule has 0 aromatic carbocycles. The molecule has 30 heavy (non-hydrogen) atoms. The molecule has 0 bridgehead atoms. The molecule has 0 aromatic heterocycles. The minimum atomic E-state index is -0.793. The first kappa shape index (κ1) is 21.7. The average Bonchev–Trinajstić information content (AvgIpc) is 3.00. The highest BCUT2D eigenvalue weighted by Crippen LogP contribution is 2.69. The number of rotatable bonds is 4. The number of carboxylic acid groups (broad SMARTS) is 1. The molecule has 0 aliphatic heterocycles. The molecule has 0 unspecified atom stereocenters. The van der Waals surface area contributed by atoms with Crippen molar-refractivity contribution in [3.8, 4) is 0 Å². The van der Waals surface area contributed by atoms with Crippen LogP contribution in [0.25, 0.3) is 0 Å². The molecule has 0 saturated heterocycles. The van der Waals surface area contributed by atoms with Gasteiger partial charge in [-0.1, -0.05) is 27.7 Å². The monoisotopic (exact) mass is 416 g/mol. The maximum absolute atomic E-state index is 13.7. The normalized spacial score (nSPS) is 46.7.